The van der Waals surface area contributed by atoms with Gasteiger partial charge >= 0.3 is 0 Å². The van der Waals surface area contributed by atoms with Crippen LogP contribution in [-0.4, -0.2) is 13.1 Å². The van der Waals surface area contributed by atoms with Crippen LogP contribution < -0.4 is 10.6 Å². The highest BCUT2D eigenvalue weighted by Crippen LogP contribution is 2.40. The molecular formula is C13H19FN2. The molecule has 0 aliphatic carbocycles. The van der Waals surface area contributed by atoms with Crippen LogP contribution in [0.2, 0.25) is 0 Å². The van der Waals surface area contributed by atoms with Crippen molar-refractivity contribution in [3.05, 3.63) is 24.0 Å². The van der Waals surface area contributed by atoms with Gasteiger partial charge in [-0.2, -0.15) is 0 Å². The first-order chi connectivity index (χ1) is 7.60. The summed E-state index contributed by atoms with van der Waals surface area (Å²) in [6, 6.07) is 4.93. The molecule has 2 N–H and O–H groups in total. The quantitative estimate of drug-likeness (QED) is 0.796. The van der Waals surface area contributed by atoms with Crippen molar-refractivity contribution < 1.29 is 4.39 Å². The maximum Gasteiger partial charge on any atom is 0.148 e. The van der Waals surface area contributed by atoms with E-state index in [2.05, 4.69) is 18.7 Å². The lowest BCUT2D eigenvalue weighted by atomic mass is 9.75. The molecule has 0 spiro atoms. The van der Waals surface area contributed by atoms with Crippen LogP contribution in [0.5, 0.6) is 0 Å². The molecule has 1 fully saturated rings. The molecule has 0 aromatic heterocycles. The highest BCUT2D eigenvalue weighted by atomic mass is 19.1. The number of nitrogens with two attached hydrogens (primary N) is 1. The minimum absolute atomic E-state index is 0.208. The molecule has 1 saturated heterocycles. The highest BCUT2D eigenvalue weighted by molar-refractivity contribution is 5.56. The average Bonchev–Trinajstić information content (AvgIpc) is 2.20. The fourth-order valence-electron chi connectivity index (χ4n) is 2.41. The first-order valence-corrected chi connectivity index (χ1v) is 5.90. The van der Waals surface area contributed by atoms with Crippen molar-refractivity contribution >= 4 is 11.4 Å². The van der Waals surface area contributed by atoms with Gasteiger partial charge < -0.3 is 10.6 Å². The molecule has 3 heteroatoms. The number of hydrogen-bond acceptors (Lipinski definition) is 2. The predicted molar refractivity (Wildman–Crippen MR) is 66.0 cm³/mol. The van der Waals surface area contributed by atoms with Gasteiger partial charge in [0.15, 0.2) is 0 Å². The normalized spacial score (nSPS) is 18.3. The van der Waals surface area contributed by atoms with E-state index in [1.165, 1.54) is 6.07 Å². The standard InChI is InChI=1S/C13H19FN2/c1-3-13(4-2)8-16(9-13)12-6-5-10(15)7-11(12)14/h5-7H,3-4,8-9,15H2,1-2H3. The maximum absolute atomic E-state index is 13.7. The largest absolute Gasteiger partial charge is 0.399 e. The number of anilines is 2. The molecule has 1 aliphatic rings. The van der Waals surface area contributed by atoms with Crippen molar-refractivity contribution in [1.29, 1.82) is 0 Å². The van der Waals surface area contributed by atoms with Crippen molar-refractivity contribution in [3.8, 4) is 0 Å². The minimum Gasteiger partial charge on any atom is -0.399 e. The van der Waals surface area contributed by atoms with Gasteiger partial charge in [0, 0.05) is 24.2 Å². The van der Waals surface area contributed by atoms with Crippen molar-refractivity contribution in [2.45, 2.75) is 26.7 Å². The molecule has 88 valence electrons. The van der Waals surface area contributed by atoms with E-state index < -0.39 is 0 Å². The Balaban J connectivity index is 2.12. The summed E-state index contributed by atoms with van der Waals surface area (Å²) in [5.41, 5.74) is 7.10. The van der Waals surface area contributed by atoms with Gasteiger partial charge in [0.1, 0.15) is 5.82 Å². The zero-order valence-electron chi connectivity index (χ0n) is 9.96. The fraction of sp³-hybridized carbons (Fsp3) is 0.538. The van der Waals surface area contributed by atoms with E-state index in [1.54, 1.807) is 12.1 Å². The van der Waals surface area contributed by atoms with Gasteiger partial charge in [-0.05, 0) is 31.0 Å². The van der Waals surface area contributed by atoms with Crippen LogP contribution in [-0.2, 0) is 0 Å². The highest BCUT2D eigenvalue weighted by Gasteiger charge is 2.40. The third-order valence-corrected chi connectivity index (χ3v) is 3.86. The van der Waals surface area contributed by atoms with Gasteiger partial charge in [-0.3, -0.25) is 0 Å². The number of hydrogen-bond donors (Lipinski definition) is 1. The molecular weight excluding hydrogens is 203 g/mol. The Labute approximate surface area is 96.2 Å². The number of halogens is 1. The summed E-state index contributed by atoms with van der Waals surface area (Å²) >= 11 is 0. The first kappa shape index (κ1) is 11.2. The molecule has 0 saturated carbocycles. The molecule has 0 radical (unpaired) electrons. The van der Waals surface area contributed by atoms with Gasteiger partial charge in [-0.25, -0.2) is 4.39 Å². The van der Waals surface area contributed by atoms with E-state index in [4.69, 9.17) is 5.73 Å². The number of rotatable bonds is 3. The monoisotopic (exact) mass is 222 g/mol. The van der Waals surface area contributed by atoms with E-state index >= 15 is 0 Å². The topological polar surface area (TPSA) is 29.3 Å². The van der Waals surface area contributed by atoms with Gasteiger partial charge in [-0.15, -0.1) is 0 Å². The van der Waals surface area contributed by atoms with E-state index in [-0.39, 0.29) is 5.82 Å². The van der Waals surface area contributed by atoms with Crippen LogP contribution >= 0.6 is 0 Å². The zero-order chi connectivity index (χ0) is 11.8. The maximum atomic E-state index is 13.7. The van der Waals surface area contributed by atoms with Gasteiger partial charge in [0.2, 0.25) is 0 Å². The zero-order valence-corrected chi connectivity index (χ0v) is 9.96. The second-order valence-corrected chi connectivity index (χ2v) is 4.77. The van der Waals surface area contributed by atoms with Crippen LogP contribution in [0.3, 0.4) is 0 Å². The molecule has 0 bridgehead atoms. The van der Waals surface area contributed by atoms with E-state index in [0.717, 1.165) is 25.9 Å². The summed E-state index contributed by atoms with van der Waals surface area (Å²) in [5.74, 6) is -0.208. The summed E-state index contributed by atoms with van der Waals surface area (Å²) < 4.78 is 13.7. The Morgan fingerprint density at radius 2 is 1.94 bits per heavy atom. The molecule has 1 aliphatic heterocycles. The van der Waals surface area contributed by atoms with Crippen LogP contribution in [0.1, 0.15) is 26.7 Å². The average molecular weight is 222 g/mol. The SMILES string of the molecule is CCC1(CC)CN(c2ccc(N)cc2F)C1. The lowest BCUT2D eigenvalue weighted by molar-refractivity contribution is 0.193. The third-order valence-electron chi connectivity index (χ3n) is 3.86. The van der Waals surface area contributed by atoms with Crippen LogP contribution in [0.4, 0.5) is 15.8 Å². The second kappa shape index (κ2) is 3.96. The molecule has 2 rings (SSSR count). The Bertz CT molecular complexity index is 378. The smallest absolute Gasteiger partial charge is 0.148 e. The van der Waals surface area contributed by atoms with Gasteiger partial charge in [0.05, 0.1) is 5.69 Å². The molecule has 16 heavy (non-hydrogen) atoms. The summed E-state index contributed by atoms with van der Waals surface area (Å²) in [6.45, 7) is 6.34. The lowest BCUT2D eigenvalue weighted by Crippen LogP contribution is -2.56. The molecule has 1 aromatic rings. The van der Waals surface area contributed by atoms with Crippen LogP contribution in [0, 0.1) is 11.2 Å². The Hall–Kier alpha value is -1.25. The second-order valence-electron chi connectivity index (χ2n) is 4.77. The van der Waals surface area contributed by atoms with Gasteiger partial charge in [0.25, 0.3) is 0 Å². The fourth-order valence-corrected chi connectivity index (χ4v) is 2.41. The molecule has 2 nitrogen and oxygen atoms in total. The van der Waals surface area contributed by atoms with Crippen molar-refractivity contribution in [1.82, 2.24) is 0 Å². The molecule has 1 heterocycles. The number of nitrogen functional groups attached to an aromatic ring is 1. The molecule has 0 atom stereocenters. The molecule has 0 unspecified atom stereocenters. The van der Waals surface area contributed by atoms with Crippen LogP contribution in [0.15, 0.2) is 18.2 Å². The summed E-state index contributed by atoms with van der Waals surface area (Å²) in [4.78, 5) is 2.10. The number of benzene rings is 1. The van der Waals surface area contributed by atoms with E-state index in [0.29, 0.717) is 16.8 Å². The van der Waals surface area contributed by atoms with Crippen molar-refractivity contribution in [2.75, 3.05) is 23.7 Å². The van der Waals surface area contributed by atoms with Gasteiger partial charge in [-0.1, -0.05) is 13.8 Å². The van der Waals surface area contributed by atoms with Crippen LogP contribution in [0.25, 0.3) is 0 Å². The summed E-state index contributed by atoms with van der Waals surface area (Å²) in [5, 5.41) is 0. The minimum atomic E-state index is -0.208. The Morgan fingerprint density at radius 3 is 2.44 bits per heavy atom. The van der Waals surface area contributed by atoms with E-state index in [1.807, 2.05) is 0 Å². The number of nitrogens with zero attached hydrogens (tertiary/aromatic N) is 1. The molecule has 1 aromatic carbocycles. The van der Waals surface area contributed by atoms with E-state index in [9.17, 15) is 4.39 Å². The van der Waals surface area contributed by atoms with Crippen molar-refractivity contribution in [2.24, 2.45) is 5.41 Å². The molecule has 0 amide bonds. The Morgan fingerprint density at radius 1 is 1.31 bits per heavy atom. The summed E-state index contributed by atoms with van der Waals surface area (Å²) in [6.07, 6.45) is 2.33. The first-order valence-electron chi connectivity index (χ1n) is 5.90. The summed E-state index contributed by atoms with van der Waals surface area (Å²) in [7, 11) is 0. The Kier molecular flexibility index (Phi) is 2.78. The predicted octanol–water partition coefficient (Wildman–Crippen LogP) is 3.03. The third kappa shape index (κ3) is 1.75. The lowest BCUT2D eigenvalue weighted by Gasteiger charge is -2.51. The van der Waals surface area contributed by atoms with Crippen molar-refractivity contribution in [3.63, 3.8) is 0 Å².